The Hall–Kier alpha value is -2.24. The van der Waals surface area contributed by atoms with Crippen LogP contribution < -0.4 is 4.74 Å². The highest BCUT2D eigenvalue weighted by Crippen LogP contribution is 2.25. The highest BCUT2D eigenvalue weighted by molar-refractivity contribution is 5.81. The van der Waals surface area contributed by atoms with Gasteiger partial charge in [-0.25, -0.2) is 4.79 Å². The van der Waals surface area contributed by atoms with Gasteiger partial charge in [0.2, 0.25) is 0 Å². The third kappa shape index (κ3) is 5.62. The van der Waals surface area contributed by atoms with Gasteiger partial charge in [0.1, 0.15) is 5.75 Å². The summed E-state index contributed by atoms with van der Waals surface area (Å²) in [5.41, 5.74) is 1.31. The average Bonchev–Trinajstić information content (AvgIpc) is 2.65. The molecule has 0 aliphatic carbocycles. The maximum absolute atomic E-state index is 12.8. The number of carbonyl (C=O) groups excluding carboxylic acids is 2. The van der Waals surface area contributed by atoms with Gasteiger partial charge in [0.05, 0.1) is 6.61 Å². The lowest BCUT2D eigenvalue weighted by Crippen LogP contribution is -2.53. The third-order valence-electron chi connectivity index (χ3n) is 4.76. The second-order valence-corrected chi connectivity index (χ2v) is 7.80. The molecule has 0 unspecified atom stereocenters. The summed E-state index contributed by atoms with van der Waals surface area (Å²) in [5.74, 6) is 0.675. The summed E-state index contributed by atoms with van der Waals surface area (Å²) in [4.78, 5) is 28.0. The van der Waals surface area contributed by atoms with Gasteiger partial charge in [0, 0.05) is 26.2 Å². The second-order valence-electron chi connectivity index (χ2n) is 7.80. The topological polar surface area (TPSA) is 59.1 Å². The molecule has 1 atom stereocenters. The molecule has 1 aromatic rings. The number of piperazine rings is 1. The Kier molecular flexibility index (Phi) is 7.11. The molecule has 0 radical (unpaired) electrons. The molecule has 1 aliphatic heterocycles. The Bertz CT molecular complexity index is 629. The Morgan fingerprint density at radius 2 is 1.56 bits per heavy atom. The van der Waals surface area contributed by atoms with Gasteiger partial charge in [-0.15, -0.1) is 0 Å². The minimum absolute atomic E-state index is 0.0269. The number of amides is 2. The highest BCUT2D eigenvalue weighted by atomic mass is 16.6. The van der Waals surface area contributed by atoms with Gasteiger partial charge < -0.3 is 19.3 Å². The molecule has 1 heterocycles. The zero-order valence-electron chi connectivity index (χ0n) is 17.2. The zero-order chi connectivity index (χ0) is 20.0. The molecule has 150 valence electrons. The molecule has 2 rings (SSSR count). The monoisotopic (exact) mass is 376 g/mol. The van der Waals surface area contributed by atoms with Crippen molar-refractivity contribution in [3.05, 3.63) is 29.8 Å². The SMILES string of the molecule is CCOC(=O)N1CCN(C(=O)[C@@H](CC)Oc2ccc(C(C)(C)C)cc2)CC1. The standard InChI is InChI=1S/C21H32N2O4/c1-6-18(27-17-10-8-16(9-11-17)21(3,4)5)19(24)22-12-14-23(15-13-22)20(25)26-7-2/h8-11,18H,6-7,12-15H2,1-5H3/t18-/m1/s1. The van der Waals surface area contributed by atoms with Crippen LogP contribution in [0.1, 0.15) is 46.6 Å². The van der Waals surface area contributed by atoms with E-state index in [1.54, 1.807) is 16.7 Å². The molecule has 0 spiro atoms. The number of carbonyl (C=O) groups is 2. The molecule has 1 aromatic carbocycles. The number of hydrogen-bond donors (Lipinski definition) is 0. The first-order valence-corrected chi connectivity index (χ1v) is 9.74. The summed E-state index contributed by atoms with van der Waals surface area (Å²) in [5, 5.41) is 0. The number of benzene rings is 1. The van der Waals surface area contributed by atoms with E-state index in [4.69, 9.17) is 9.47 Å². The van der Waals surface area contributed by atoms with Crippen LogP contribution in [0.15, 0.2) is 24.3 Å². The maximum atomic E-state index is 12.8. The first-order chi connectivity index (χ1) is 12.8. The number of nitrogens with zero attached hydrogens (tertiary/aromatic N) is 2. The molecule has 2 amide bonds. The normalized spacial score (nSPS) is 16.0. The van der Waals surface area contributed by atoms with E-state index in [2.05, 4.69) is 20.8 Å². The average molecular weight is 376 g/mol. The van der Waals surface area contributed by atoms with Crippen LogP contribution in [0.5, 0.6) is 5.75 Å². The quantitative estimate of drug-likeness (QED) is 0.790. The van der Waals surface area contributed by atoms with Gasteiger partial charge in [-0.05, 0) is 36.5 Å². The molecule has 1 aliphatic rings. The van der Waals surface area contributed by atoms with Gasteiger partial charge in [0.15, 0.2) is 6.10 Å². The van der Waals surface area contributed by atoms with Crippen molar-refractivity contribution in [2.24, 2.45) is 0 Å². The predicted octanol–water partition coefficient (Wildman–Crippen LogP) is 3.44. The van der Waals surface area contributed by atoms with Crippen molar-refractivity contribution in [3.8, 4) is 5.75 Å². The fraction of sp³-hybridized carbons (Fsp3) is 0.619. The molecule has 0 saturated carbocycles. The van der Waals surface area contributed by atoms with Crippen molar-refractivity contribution >= 4 is 12.0 Å². The Labute approximate surface area is 162 Å². The van der Waals surface area contributed by atoms with E-state index >= 15 is 0 Å². The molecular weight excluding hydrogens is 344 g/mol. The van der Waals surface area contributed by atoms with Crippen LogP contribution in [0.4, 0.5) is 4.79 Å². The van der Waals surface area contributed by atoms with Crippen molar-refractivity contribution in [2.75, 3.05) is 32.8 Å². The lowest BCUT2D eigenvalue weighted by Gasteiger charge is -2.35. The van der Waals surface area contributed by atoms with Gasteiger partial charge in [-0.1, -0.05) is 39.8 Å². The fourth-order valence-corrected chi connectivity index (χ4v) is 3.03. The summed E-state index contributed by atoms with van der Waals surface area (Å²) in [7, 11) is 0. The first-order valence-electron chi connectivity index (χ1n) is 9.74. The first kappa shape index (κ1) is 21.1. The minimum Gasteiger partial charge on any atom is -0.481 e. The minimum atomic E-state index is -0.514. The van der Waals surface area contributed by atoms with Gasteiger partial charge in [-0.2, -0.15) is 0 Å². The van der Waals surface area contributed by atoms with Crippen LogP contribution in [-0.4, -0.2) is 60.7 Å². The van der Waals surface area contributed by atoms with Crippen LogP contribution in [0.3, 0.4) is 0 Å². The molecule has 6 heteroatoms. The van der Waals surface area contributed by atoms with E-state index in [1.807, 2.05) is 31.2 Å². The summed E-state index contributed by atoms with van der Waals surface area (Å²) < 4.78 is 11.0. The molecule has 1 fully saturated rings. The highest BCUT2D eigenvalue weighted by Gasteiger charge is 2.29. The zero-order valence-corrected chi connectivity index (χ0v) is 17.2. The van der Waals surface area contributed by atoms with E-state index in [0.717, 1.165) is 0 Å². The molecule has 0 bridgehead atoms. The van der Waals surface area contributed by atoms with Crippen molar-refractivity contribution in [1.29, 1.82) is 0 Å². The molecule has 27 heavy (non-hydrogen) atoms. The lowest BCUT2D eigenvalue weighted by molar-refractivity contribution is -0.140. The number of rotatable bonds is 5. The van der Waals surface area contributed by atoms with Crippen LogP contribution in [0, 0.1) is 0 Å². The summed E-state index contributed by atoms with van der Waals surface area (Å²) in [6.45, 7) is 12.6. The van der Waals surface area contributed by atoms with Crippen LogP contribution in [-0.2, 0) is 14.9 Å². The van der Waals surface area contributed by atoms with E-state index in [0.29, 0.717) is 45.0 Å². The van der Waals surface area contributed by atoms with Crippen molar-refractivity contribution in [3.63, 3.8) is 0 Å². The fourth-order valence-electron chi connectivity index (χ4n) is 3.03. The van der Waals surface area contributed by atoms with E-state index < -0.39 is 6.10 Å². The summed E-state index contributed by atoms with van der Waals surface area (Å²) in [6, 6.07) is 7.94. The number of ether oxygens (including phenoxy) is 2. The van der Waals surface area contributed by atoms with Crippen molar-refractivity contribution in [1.82, 2.24) is 9.80 Å². The van der Waals surface area contributed by atoms with Crippen molar-refractivity contribution < 1.29 is 19.1 Å². The lowest BCUT2D eigenvalue weighted by atomic mass is 9.87. The maximum Gasteiger partial charge on any atom is 0.409 e. The molecule has 0 N–H and O–H groups in total. The third-order valence-corrected chi connectivity index (χ3v) is 4.76. The van der Waals surface area contributed by atoms with Crippen molar-refractivity contribution in [2.45, 2.75) is 52.6 Å². The van der Waals surface area contributed by atoms with Crippen LogP contribution in [0.2, 0.25) is 0 Å². The van der Waals surface area contributed by atoms with Crippen LogP contribution in [0.25, 0.3) is 0 Å². The molecule has 0 aromatic heterocycles. The number of hydrogen-bond acceptors (Lipinski definition) is 4. The van der Waals surface area contributed by atoms with E-state index in [9.17, 15) is 9.59 Å². The predicted molar refractivity (Wildman–Crippen MR) is 105 cm³/mol. The second kappa shape index (κ2) is 9.11. The Morgan fingerprint density at radius 1 is 1.00 bits per heavy atom. The van der Waals surface area contributed by atoms with Crippen LogP contribution >= 0.6 is 0 Å². The molecular formula is C21H32N2O4. The summed E-state index contributed by atoms with van der Waals surface area (Å²) >= 11 is 0. The van der Waals surface area contributed by atoms with E-state index in [-0.39, 0.29) is 17.4 Å². The smallest absolute Gasteiger partial charge is 0.409 e. The summed E-state index contributed by atoms with van der Waals surface area (Å²) in [6.07, 6.45) is -0.232. The van der Waals surface area contributed by atoms with Gasteiger partial charge >= 0.3 is 6.09 Å². The van der Waals surface area contributed by atoms with Gasteiger partial charge in [0.25, 0.3) is 5.91 Å². The van der Waals surface area contributed by atoms with Gasteiger partial charge in [-0.3, -0.25) is 4.79 Å². The Balaban J connectivity index is 1.93. The molecule has 6 nitrogen and oxygen atoms in total. The Morgan fingerprint density at radius 3 is 2.04 bits per heavy atom. The van der Waals surface area contributed by atoms with E-state index in [1.165, 1.54) is 5.56 Å². The largest absolute Gasteiger partial charge is 0.481 e. The molecule has 1 saturated heterocycles.